The van der Waals surface area contributed by atoms with Gasteiger partial charge < -0.3 is 9.11 Å². The molecule has 0 aliphatic rings. The minimum atomic E-state index is -4.34. The maximum absolute atomic E-state index is 11.1. The molecule has 47 heavy (non-hydrogen) atoms. The quantitative estimate of drug-likeness (QED) is 0.0606. The summed E-state index contributed by atoms with van der Waals surface area (Å²) in [5.41, 5.74) is 4.10. The summed E-state index contributed by atoms with van der Waals surface area (Å²) < 4.78 is 66.5. The molecule has 0 amide bonds. The van der Waals surface area contributed by atoms with Crippen LogP contribution < -0.4 is 0 Å². The molecular weight excluding hydrogens is 657 g/mol. The topological polar surface area (TPSA) is 114 Å². The van der Waals surface area contributed by atoms with Crippen LogP contribution in [0.15, 0.2) is 46.2 Å². The van der Waals surface area contributed by atoms with E-state index in [1.165, 1.54) is 128 Å². The Labute approximate surface area is 318 Å². The maximum Gasteiger partial charge on any atom is 2.00 e. The zero-order valence-electron chi connectivity index (χ0n) is 30.0. The van der Waals surface area contributed by atoms with Crippen LogP contribution in [0, 0.1) is 13.8 Å². The Morgan fingerprint density at radius 2 is 0.702 bits per heavy atom. The van der Waals surface area contributed by atoms with E-state index in [1.54, 1.807) is 24.3 Å². The Morgan fingerprint density at radius 3 is 0.957 bits per heavy atom. The first-order valence-corrected chi connectivity index (χ1v) is 20.8. The van der Waals surface area contributed by atoms with Crippen molar-refractivity contribution in [2.75, 3.05) is 0 Å². The van der Waals surface area contributed by atoms with Crippen molar-refractivity contribution in [1.29, 1.82) is 0 Å². The zero-order chi connectivity index (χ0) is 34.3. The van der Waals surface area contributed by atoms with Gasteiger partial charge in [-0.25, -0.2) is 16.8 Å². The van der Waals surface area contributed by atoms with E-state index in [0.717, 1.165) is 47.9 Å². The Morgan fingerprint density at radius 1 is 0.447 bits per heavy atom. The molecule has 0 bridgehead atoms. The van der Waals surface area contributed by atoms with Gasteiger partial charge in [0.1, 0.15) is 20.2 Å². The standard InChI is InChI=1S/2C19H32O3S.Ca/c2*1-3-4-5-6-7-8-9-10-11-12-13-18-16-19(23(20,21)22)15-14-17(18)2;/h2*14-16H,3-13H2,1-2H3,(H,20,21,22);/q;;+2/p-2. The van der Waals surface area contributed by atoms with Gasteiger partial charge in [-0.1, -0.05) is 142 Å². The van der Waals surface area contributed by atoms with Gasteiger partial charge in [0.05, 0.1) is 9.79 Å². The molecule has 0 radical (unpaired) electrons. The average molecular weight is 719 g/mol. The number of hydrogen-bond donors (Lipinski definition) is 0. The molecule has 0 saturated heterocycles. The molecule has 0 spiro atoms. The van der Waals surface area contributed by atoms with Gasteiger partial charge in [-0.15, -0.1) is 0 Å². The fourth-order valence-corrected chi connectivity index (χ4v) is 6.79. The molecule has 264 valence electrons. The molecule has 0 unspecified atom stereocenters. The third-order valence-electron chi connectivity index (χ3n) is 8.82. The van der Waals surface area contributed by atoms with Gasteiger partial charge in [0.2, 0.25) is 0 Å². The zero-order valence-corrected chi connectivity index (χ0v) is 33.8. The van der Waals surface area contributed by atoms with Crippen molar-refractivity contribution in [2.24, 2.45) is 0 Å². The van der Waals surface area contributed by atoms with E-state index in [4.69, 9.17) is 0 Å². The van der Waals surface area contributed by atoms with Crippen molar-refractivity contribution in [2.45, 2.75) is 179 Å². The number of unbranched alkanes of at least 4 members (excludes halogenated alkanes) is 18. The van der Waals surface area contributed by atoms with E-state index in [0.29, 0.717) is 0 Å². The number of aryl methyl sites for hydroxylation is 4. The number of rotatable bonds is 24. The fraction of sp³-hybridized carbons (Fsp3) is 0.684. The van der Waals surface area contributed by atoms with E-state index >= 15 is 0 Å². The van der Waals surface area contributed by atoms with E-state index < -0.39 is 20.2 Å². The van der Waals surface area contributed by atoms with Gasteiger partial charge in [0.15, 0.2) is 0 Å². The molecule has 9 heteroatoms. The maximum atomic E-state index is 11.1. The minimum absolute atomic E-state index is 0. The second-order valence-electron chi connectivity index (χ2n) is 12.9. The summed E-state index contributed by atoms with van der Waals surface area (Å²) in [6.07, 6.45) is 27.4. The first-order valence-electron chi connectivity index (χ1n) is 18.0. The van der Waals surface area contributed by atoms with Crippen LogP contribution in [0.4, 0.5) is 0 Å². The van der Waals surface area contributed by atoms with Crippen LogP contribution in [0.3, 0.4) is 0 Å². The van der Waals surface area contributed by atoms with Gasteiger partial charge in [-0.3, -0.25) is 0 Å². The monoisotopic (exact) mass is 718 g/mol. The van der Waals surface area contributed by atoms with Gasteiger partial charge in [-0.05, 0) is 86.1 Å². The molecule has 0 saturated carbocycles. The molecule has 2 aromatic rings. The van der Waals surface area contributed by atoms with Crippen molar-refractivity contribution < 1.29 is 25.9 Å². The van der Waals surface area contributed by atoms with Crippen LogP contribution in [0.25, 0.3) is 0 Å². The van der Waals surface area contributed by atoms with Crippen LogP contribution >= 0.6 is 0 Å². The average Bonchev–Trinajstić information content (AvgIpc) is 3.00. The molecule has 0 N–H and O–H groups in total. The Kier molecular flexibility index (Phi) is 27.0. The first kappa shape index (κ1) is 46.5. The Balaban J connectivity index is 0.000000882. The molecule has 0 fully saturated rings. The largest absolute Gasteiger partial charge is 2.00 e. The van der Waals surface area contributed by atoms with Crippen LogP contribution in [0.1, 0.15) is 165 Å². The van der Waals surface area contributed by atoms with E-state index in [9.17, 15) is 25.9 Å². The normalized spacial score (nSPS) is 11.5. The van der Waals surface area contributed by atoms with Gasteiger partial charge in [0.25, 0.3) is 0 Å². The SMILES string of the molecule is CCCCCCCCCCCCc1cc(S(=O)(=O)[O-])ccc1C.CCCCCCCCCCCCc1cc(S(=O)(=O)[O-])ccc1C.[Ca+2]. The third-order valence-corrected chi connectivity index (χ3v) is 10.5. The van der Waals surface area contributed by atoms with Crippen molar-refractivity contribution >= 4 is 58.0 Å². The van der Waals surface area contributed by atoms with E-state index in [1.807, 2.05) is 13.8 Å². The van der Waals surface area contributed by atoms with Crippen molar-refractivity contribution in [3.05, 3.63) is 58.7 Å². The second-order valence-corrected chi connectivity index (χ2v) is 15.7. The van der Waals surface area contributed by atoms with Gasteiger partial charge in [0, 0.05) is 0 Å². The minimum Gasteiger partial charge on any atom is -0.744 e. The Bertz CT molecular complexity index is 1210. The summed E-state index contributed by atoms with van der Waals surface area (Å²) in [4.78, 5) is -0.213. The molecule has 6 nitrogen and oxygen atoms in total. The van der Waals surface area contributed by atoms with Crippen molar-refractivity contribution in [3.8, 4) is 0 Å². The summed E-state index contributed by atoms with van der Waals surface area (Å²) in [5, 5.41) is 0. The van der Waals surface area contributed by atoms with Crippen molar-refractivity contribution in [3.63, 3.8) is 0 Å². The molecular formula is C38H62CaO6S2. The van der Waals surface area contributed by atoms with Gasteiger partial charge in [-0.2, -0.15) is 0 Å². The molecule has 0 atom stereocenters. The Hall–Kier alpha value is -0.480. The smallest absolute Gasteiger partial charge is 0.744 e. The summed E-state index contributed by atoms with van der Waals surface area (Å²) in [5.74, 6) is 0. The fourth-order valence-electron chi connectivity index (χ4n) is 5.75. The first-order chi connectivity index (χ1) is 21.9. The predicted molar refractivity (Wildman–Crippen MR) is 195 cm³/mol. The van der Waals surface area contributed by atoms with E-state index in [2.05, 4.69) is 13.8 Å². The van der Waals surface area contributed by atoms with Gasteiger partial charge >= 0.3 is 37.7 Å². The summed E-state index contributed by atoms with van der Waals surface area (Å²) in [6.45, 7) is 8.41. The molecule has 0 heterocycles. The summed E-state index contributed by atoms with van der Waals surface area (Å²) in [6, 6.07) is 9.36. The third kappa shape index (κ3) is 22.8. The summed E-state index contributed by atoms with van der Waals surface area (Å²) >= 11 is 0. The van der Waals surface area contributed by atoms with Crippen LogP contribution in [-0.2, 0) is 33.1 Å². The second kappa shape index (κ2) is 27.3. The molecule has 0 aromatic heterocycles. The number of benzene rings is 2. The van der Waals surface area contributed by atoms with Crippen molar-refractivity contribution in [1.82, 2.24) is 0 Å². The molecule has 0 aliphatic heterocycles. The van der Waals surface area contributed by atoms with Crippen LogP contribution in [-0.4, -0.2) is 63.7 Å². The van der Waals surface area contributed by atoms with Crippen LogP contribution in [0.2, 0.25) is 0 Å². The van der Waals surface area contributed by atoms with E-state index in [-0.39, 0.29) is 47.5 Å². The summed E-state index contributed by atoms with van der Waals surface area (Å²) in [7, 11) is -8.69. The molecule has 2 aromatic carbocycles. The number of hydrogen-bond acceptors (Lipinski definition) is 6. The van der Waals surface area contributed by atoms with Crippen LogP contribution in [0.5, 0.6) is 0 Å². The molecule has 2 rings (SSSR count). The predicted octanol–water partition coefficient (Wildman–Crippen LogP) is 10.3. The molecule has 0 aliphatic carbocycles.